The summed E-state index contributed by atoms with van der Waals surface area (Å²) in [4.78, 5) is 0.0665. The van der Waals surface area contributed by atoms with Crippen LogP contribution in [0.3, 0.4) is 0 Å². The zero-order valence-electron chi connectivity index (χ0n) is 8.03. The van der Waals surface area contributed by atoms with Gasteiger partial charge < -0.3 is 4.74 Å². The highest BCUT2D eigenvalue weighted by Gasteiger charge is 2.50. The Kier molecular flexibility index (Phi) is 3.53. The van der Waals surface area contributed by atoms with Gasteiger partial charge in [-0.25, -0.2) is 9.29 Å². The lowest BCUT2D eigenvalue weighted by Crippen LogP contribution is -2.55. The Labute approximate surface area is 87.5 Å². The number of alkyl halides is 5. The molecule has 1 unspecified atom stereocenters. The van der Waals surface area contributed by atoms with Gasteiger partial charge in [-0.2, -0.15) is 22.0 Å². The van der Waals surface area contributed by atoms with Crippen molar-refractivity contribution in [1.82, 2.24) is 4.90 Å². The quantitative estimate of drug-likeness (QED) is 0.550. The number of rotatable bonds is 2. The first-order chi connectivity index (χ1) is 7.15. The lowest BCUT2D eigenvalue weighted by Gasteiger charge is -2.37. The van der Waals surface area contributed by atoms with Gasteiger partial charge in [0, 0.05) is 13.1 Å². The summed E-state index contributed by atoms with van der Waals surface area (Å²) < 4.78 is 79.3. The van der Waals surface area contributed by atoms with Crippen LogP contribution in [0, 0.1) is 0 Å². The molecule has 0 aromatic rings. The molecule has 2 nitrogen and oxygen atoms in total. The van der Waals surface area contributed by atoms with Crippen molar-refractivity contribution >= 4 is 0 Å². The predicted octanol–water partition coefficient (Wildman–Crippen LogP) is 2.33. The number of morpholine rings is 1. The van der Waals surface area contributed by atoms with Gasteiger partial charge in [0.1, 0.15) is 0 Å². The van der Waals surface area contributed by atoms with Crippen LogP contribution < -0.4 is 0 Å². The van der Waals surface area contributed by atoms with E-state index < -0.39 is 43.8 Å². The van der Waals surface area contributed by atoms with Gasteiger partial charge in [-0.15, -0.1) is 0 Å². The summed E-state index contributed by atoms with van der Waals surface area (Å²) in [5.41, 5.74) is 0. The Balaban J connectivity index is 2.75. The summed E-state index contributed by atoms with van der Waals surface area (Å²) in [6, 6.07) is -4.09. The molecule has 0 aromatic carbocycles. The van der Waals surface area contributed by atoms with Crippen molar-refractivity contribution in [3.8, 4) is 0 Å². The molecule has 0 spiro atoms. The number of hydrogen-bond donors (Lipinski definition) is 0. The van der Waals surface area contributed by atoms with Crippen LogP contribution in [0.2, 0.25) is 0 Å². The average molecular weight is 249 g/mol. The first-order valence-electron chi connectivity index (χ1n) is 4.31. The van der Waals surface area contributed by atoms with E-state index in [1.165, 1.54) is 0 Å². The molecule has 1 fully saturated rings. The van der Waals surface area contributed by atoms with Gasteiger partial charge in [-0.1, -0.05) is 6.58 Å². The third-order valence-electron chi connectivity index (χ3n) is 2.16. The lowest BCUT2D eigenvalue weighted by atomic mass is 10.2. The van der Waals surface area contributed by atoms with Crippen molar-refractivity contribution < 1.29 is 31.1 Å². The normalized spacial score (nSPS) is 24.5. The third kappa shape index (κ3) is 2.67. The first-order valence-corrected chi connectivity index (χ1v) is 4.31. The van der Waals surface area contributed by atoms with E-state index in [1.807, 2.05) is 0 Å². The summed E-state index contributed by atoms with van der Waals surface area (Å²) >= 11 is 0. The van der Waals surface area contributed by atoms with Gasteiger partial charge in [0.15, 0.2) is 11.9 Å². The van der Waals surface area contributed by atoms with Crippen LogP contribution >= 0.6 is 0 Å². The predicted molar refractivity (Wildman–Crippen MR) is 42.6 cm³/mol. The van der Waals surface area contributed by atoms with Gasteiger partial charge in [-0.3, -0.25) is 0 Å². The smallest absolute Gasteiger partial charge is 0.366 e. The topological polar surface area (TPSA) is 12.5 Å². The van der Waals surface area contributed by atoms with E-state index in [0.717, 1.165) is 0 Å². The Bertz CT molecular complexity index is 276. The number of nitrogens with zero attached hydrogens (tertiary/aromatic N) is 1. The van der Waals surface area contributed by atoms with Gasteiger partial charge in [-0.05, 0) is 0 Å². The average Bonchev–Trinajstić information content (AvgIpc) is 2.16. The van der Waals surface area contributed by atoms with Crippen LogP contribution in [0.5, 0.6) is 0 Å². The highest BCUT2D eigenvalue weighted by molar-refractivity contribution is 4.98. The van der Waals surface area contributed by atoms with E-state index in [-0.39, 0.29) is 4.90 Å². The van der Waals surface area contributed by atoms with Crippen molar-refractivity contribution in [3.05, 3.63) is 12.4 Å². The van der Waals surface area contributed by atoms with Crippen LogP contribution in [-0.2, 0) is 4.74 Å². The number of ether oxygens (including phenoxy) is 1. The number of halogens is 6. The highest BCUT2D eigenvalue weighted by Crippen LogP contribution is 2.33. The molecule has 16 heavy (non-hydrogen) atoms. The summed E-state index contributed by atoms with van der Waals surface area (Å²) in [6.45, 7) is 0.279. The fourth-order valence-corrected chi connectivity index (χ4v) is 1.27. The maximum absolute atomic E-state index is 13.0. The fraction of sp³-hybridized carbons (Fsp3) is 0.750. The molecule has 1 aliphatic rings. The summed E-state index contributed by atoms with van der Waals surface area (Å²) in [6.07, 6.45) is -7.07. The Morgan fingerprint density at radius 2 is 1.81 bits per heavy atom. The second kappa shape index (κ2) is 4.25. The SMILES string of the molecule is C=C(F)C(F)(F)N1CCOC(C(F)(F)F)C1. The van der Waals surface area contributed by atoms with Crippen LogP contribution in [0.1, 0.15) is 0 Å². The van der Waals surface area contributed by atoms with Crippen molar-refractivity contribution in [1.29, 1.82) is 0 Å². The molecular formula is C8H9F6NO. The zero-order chi connectivity index (χ0) is 12.6. The Morgan fingerprint density at radius 3 is 2.25 bits per heavy atom. The largest absolute Gasteiger partial charge is 0.415 e. The van der Waals surface area contributed by atoms with Gasteiger partial charge in [0.25, 0.3) is 0 Å². The second-order valence-corrected chi connectivity index (χ2v) is 3.29. The molecular weight excluding hydrogens is 240 g/mol. The summed E-state index contributed by atoms with van der Waals surface area (Å²) in [5.74, 6) is -1.98. The third-order valence-corrected chi connectivity index (χ3v) is 2.16. The van der Waals surface area contributed by atoms with E-state index in [1.54, 1.807) is 0 Å². The Hall–Kier alpha value is -0.760. The van der Waals surface area contributed by atoms with Crippen LogP contribution in [0.25, 0.3) is 0 Å². The molecule has 8 heteroatoms. The van der Waals surface area contributed by atoms with E-state index in [0.29, 0.717) is 0 Å². The number of hydrogen-bond acceptors (Lipinski definition) is 2. The monoisotopic (exact) mass is 249 g/mol. The molecule has 0 N–H and O–H groups in total. The lowest BCUT2D eigenvalue weighted by molar-refractivity contribution is -0.260. The van der Waals surface area contributed by atoms with E-state index >= 15 is 0 Å². The van der Waals surface area contributed by atoms with Crippen molar-refractivity contribution in [2.75, 3.05) is 19.7 Å². The van der Waals surface area contributed by atoms with Gasteiger partial charge in [0.2, 0.25) is 0 Å². The molecule has 1 saturated heterocycles. The minimum atomic E-state index is -4.74. The van der Waals surface area contributed by atoms with Crippen molar-refractivity contribution in [2.45, 2.75) is 18.3 Å². The molecule has 0 radical (unpaired) electrons. The molecule has 1 atom stereocenters. The van der Waals surface area contributed by atoms with Crippen LogP contribution in [0.15, 0.2) is 12.4 Å². The minimum Gasteiger partial charge on any atom is -0.366 e. The molecule has 94 valence electrons. The zero-order valence-corrected chi connectivity index (χ0v) is 8.03. The fourth-order valence-electron chi connectivity index (χ4n) is 1.27. The minimum absolute atomic E-state index is 0.0665. The molecule has 0 bridgehead atoms. The first kappa shape index (κ1) is 13.3. The molecule has 1 heterocycles. The van der Waals surface area contributed by atoms with E-state index in [9.17, 15) is 26.3 Å². The maximum atomic E-state index is 13.0. The van der Waals surface area contributed by atoms with Crippen molar-refractivity contribution in [2.24, 2.45) is 0 Å². The van der Waals surface area contributed by atoms with Crippen LogP contribution in [0.4, 0.5) is 26.3 Å². The molecule has 0 aliphatic carbocycles. The molecule has 1 aliphatic heterocycles. The molecule has 0 amide bonds. The van der Waals surface area contributed by atoms with Crippen molar-refractivity contribution in [3.63, 3.8) is 0 Å². The summed E-state index contributed by atoms with van der Waals surface area (Å²) in [5, 5.41) is 0. The Morgan fingerprint density at radius 1 is 1.25 bits per heavy atom. The van der Waals surface area contributed by atoms with E-state index in [4.69, 9.17) is 0 Å². The highest BCUT2D eigenvalue weighted by atomic mass is 19.4. The van der Waals surface area contributed by atoms with E-state index in [2.05, 4.69) is 11.3 Å². The standard InChI is InChI=1S/C8H9F6NO/c1-5(9)8(13,14)15-2-3-16-6(4-15)7(10,11)12/h6H,1-4H2. The summed E-state index contributed by atoms with van der Waals surface area (Å²) in [7, 11) is 0. The second-order valence-electron chi connectivity index (χ2n) is 3.29. The molecule has 0 aromatic heterocycles. The maximum Gasteiger partial charge on any atom is 0.415 e. The van der Waals surface area contributed by atoms with Gasteiger partial charge >= 0.3 is 12.2 Å². The van der Waals surface area contributed by atoms with Gasteiger partial charge in [0.05, 0.1) is 6.61 Å². The van der Waals surface area contributed by atoms with Crippen LogP contribution in [-0.4, -0.2) is 42.9 Å². The molecule has 1 rings (SSSR count). The molecule has 0 saturated carbocycles.